The summed E-state index contributed by atoms with van der Waals surface area (Å²) in [5.74, 6) is -0.498. The van der Waals surface area contributed by atoms with E-state index in [-0.39, 0.29) is 25.1 Å². The lowest BCUT2D eigenvalue weighted by Gasteiger charge is -2.27. The van der Waals surface area contributed by atoms with Crippen molar-refractivity contribution in [3.8, 4) is 0 Å². The Morgan fingerprint density at radius 2 is 0.772 bits per heavy atom. The molecule has 0 saturated heterocycles. The van der Waals surface area contributed by atoms with E-state index in [2.05, 4.69) is 62.5 Å². The second kappa shape index (κ2) is 59.1. The van der Waals surface area contributed by atoms with E-state index in [0.29, 0.717) is 23.9 Å². The summed E-state index contributed by atoms with van der Waals surface area (Å²) < 4.78 is 30.8. The molecular weight excluding hydrogens is 1000 g/mol. The van der Waals surface area contributed by atoms with Gasteiger partial charge >= 0.3 is 13.8 Å². The molecule has 79 heavy (non-hydrogen) atoms. The van der Waals surface area contributed by atoms with Gasteiger partial charge in [0.15, 0.2) is 0 Å². The lowest BCUT2D eigenvalue weighted by Crippen LogP contribution is -2.47. The van der Waals surface area contributed by atoms with Gasteiger partial charge < -0.3 is 19.4 Å². The molecule has 3 atom stereocenters. The van der Waals surface area contributed by atoms with Crippen molar-refractivity contribution in [3.05, 3.63) is 48.6 Å². The number of carbonyl (C=O) groups is 2. The number of hydrogen-bond donors (Lipinski definition) is 2. The molecule has 0 saturated carbocycles. The van der Waals surface area contributed by atoms with E-state index in [9.17, 15) is 19.0 Å². The molecule has 0 aliphatic rings. The Morgan fingerprint density at radius 1 is 0.443 bits per heavy atom. The standard InChI is InChI=1S/C69H131N2O7P/c1-7-10-13-16-19-22-25-27-29-31-33-34-35-36-38-40-42-44-47-50-53-56-59-62-69(73)78-67(60-57-54-51-48-45-24-21-18-15-12-9-3)66(65-77-79(74,75)76-64-63-71(4,5)6)70-68(72)61-58-55-52-49-46-43-41-39-37-32-30-28-26-23-20-17-14-11-8-2/h20,23,27-30,57,60,66-67H,7-19,21-22,24-26,31-56,58-59,61-65H2,1-6H3,(H-,70,72,74,75)/p+1/b23-20-,29-27+,30-28-,60-57+. The van der Waals surface area contributed by atoms with Crippen molar-refractivity contribution in [2.75, 3.05) is 40.9 Å². The molecule has 3 unspecified atom stereocenters. The molecule has 1 amide bonds. The first-order chi connectivity index (χ1) is 38.4. The van der Waals surface area contributed by atoms with Gasteiger partial charge in [-0.1, -0.05) is 275 Å². The van der Waals surface area contributed by atoms with Gasteiger partial charge in [0.25, 0.3) is 0 Å². The number of nitrogens with one attached hydrogen (secondary N) is 1. The number of rotatable bonds is 62. The van der Waals surface area contributed by atoms with E-state index in [4.69, 9.17) is 13.8 Å². The lowest BCUT2D eigenvalue weighted by molar-refractivity contribution is -0.870. The molecular formula is C69H132N2O7P+. The van der Waals surface area contributed by atoms with Crippen molar-refractivity contribution in [2.24, 2.45) is 0 Å². The summed E-state index contributed by atoms with van der Waals surface area (Å²) >= 11 is 0. The van der Waals surface area contributed by atoms with Crippen LogP contribution in [0.3, 0.4) is 0 Å². The van der Waals surface area contributed by atoms with Gasteiger partial charge in [-0.15, -0.1) is 0 Å². The number of amides is 1. The van der Waals surface area contributed by atoms with Crippen LogP contribution in [-0.4, -0.2) is 74.3 Å². The highest BCUT2D eigenvalue weighted by Crippen LogP contribution is 2.43. The van der Waals surface area contributed by atoms with E-state index in [1.807, 2.05) is 33.3 Å². The maximum absolute atomic E-state index is 13.6. The number of allylic oxidation sites excluding steroid dienone is 7. The van der Waals surface area contributed by atoms with Crippen LogP contribution in [0.15, 0.2) is 48.6 Å². The van der Waals surface area contributed by atoms with Crippen molar-refractivity contribution in [3.63, 3.8) is 0 Å². The lowest BCUT2D eigenvalue weighted by atomic mass is 10.0. The second-order valence-electron chi connectivity index (χ2n) is 24.3. The number of likely N-dealkylation sites (N-methyl/N-ethyl adjacent to an activating group) is 1. The molecule has 0 aliphatic heterocycles. The molecule has 0 aromatic rings. The maximum Gasteiger partial charge on any atom is 0.472 e. The fourth-order valence-electron chi connectivity index (χ4n) is 9.97. The molecule has 10 heteroatoms. The monoisotopic (exact) mass is 1130 g/mol. The van der Waals surface area contributed by atoms with Crippen LogP contribution >= 0.6 is 7.82 Å². The number of hydrogen-bond acceptors (Lipinski definition) is 6. The van der Waals surface area contributed by atoms with Gasteiger partial charge in [-0.25, -0.2) is 4.57 Å². The minimum atomic E-state index is -4.45. The molecule has 0 heterocycles. The van der Waals surface area contributed by atoms with Gasteiger partial charge in [0, 0.05) is 12.8 Å². The summed E-state index contributed by atoms with van der Waals surface area (Å²) in [5, 5.41) is 3.06. The fraction of sp³-hybridized carbons (Fsp3) is 0.855. The van der Waals surface area contributed by atoms with Gasteiger partial charge in [0.05, 0.1) is 33.8 Å². The Morgan fingerprint density at radius 3 is 1.18 bits per heavy atom. The average Bonchev–Trinajstić information content (AvgIpc) is 3.41. The molecule has 9 nitrogen and oxygen atoms in total. The number of phosphoric ester groups is 1. The maximum atomic E-state index is 13.6. The van der Waals surface area contributed by atoms with Crippen molar-refractivity contribution in [1.29, 1.82) is 0 Å². The van der Waals surface area contributed by atoms with Crippen LogP contribution in [0.25, 0.3) is 0 Å². The summed E-state index contributed by atoms with van der Waals surface area (Å²) in [6, 6.07) is -0.849. The molecule has 0 bridgehead atoms. The number of quaternary nitrogens is 1. The molecule has 0 aliphatic carbocycles. The molecule has 464 valence electrons. The molecule has 0 aromatic heterocycles. The largest absolute Gasteiger partial charge is 0.472 e. The topological polar surface area (TPSA) is 111 Å². The zero-order valence-electron chi connectivity index (χ0n) is 53.1. The summed E-state index contributed by atoms with van der Waals surface area (Å²) in [4.78, 5) is 37.8. The highest BCUT2D eigenvalue weighted by Gasteiger charge is 2.30. The number of ether oxygens (including phenoxy) is 1. The van der Waals surface area contributed by atoms with Crippen LogP contribution in [0.5, 0.6) is 0 Å². The summed E-state index contributed by atoms with van der Waals surface area (Å²) in [6.45, 7) is 7.01. The first kappa shape index (κ1) is 77.0. The zero-order valence-corrected chi connectivity index (χ0v) is 54.0. The minimum absolute atomic E-state index is 0.0402. The average molecular weight is 1130 g/mol. The SMILES string of the molecule is CCCCC/C=C\C/C=C\CCCCCCCCCCCC(=O)NC(COP(=O)(O)OCC[N+](C)(C)C)C(/C=C/CCCCCCCCCCC)OC(=O)CCCCCCCCCCCCCCC/C=C/CCCCCCCC. The molecule has 0 rings (SSSR count). The third-order valence-corrected chi connectivity index (χ3v) is 16.2. The fourth-order valence-corrected chi connectivity index (χ4v) is 10.7. The summed E-state index contributed by atoms with van der Waals surface area (Å²) in [7, 11) is 1.50. The highest BCUT2D eigenvalue weighted by atomic mass is 31.2. The number of carbonyl (C=O) groups excluding carboxylic acids is 2. The van der Waals surface area contributed by atoms with Crippen molar-refractivity contribution in [1.82, 2.24) is 5.32 Å². The first-order valence-electron chi connectivity index (χ1n) is 34.0. The number of phosphoric acid groups is 1. The van der Waals surface area contributed by atoms with E-state index in [1.54, 1.807) is 0 Å². The predicted molar refractivity (Wildman–Crippen MR) is 342 cm³/mol. The molecule has 0 radical (unpaired) electrons. The Kier molecular flexibility index (Phi) is 57.6. The van der Waals surface area contributed by atoms with Crippen LogP contribution in [0.1, 0.15) is 329 Å². The van der Waals surface area contributed by atoms with Gasteiger partial charge in [0.2, 0.25) is 5.91 Å². The molecule has 2 N–H and O–H groups in total. The van der Waals surface area contributed by atoms with Gasteiger partial charge in [-0.2, -0.15) is 0 Å². The molecule has 0 fully saturated rings. The minimum Gasteiger partial charge on any atom is -0.456 e. The van der Waals surface area contributed by atoms with Gasteiger partial charge in [0.1, 0.15) is 19.3 Å². The van der Waals surface area contributed by atoms with E-state index < -0.39 is 20.0 Å². The zero-order chi connectivity index (χ0) is 57.9. The Balaban J connectivity index is 5.07. The third-order valence-electron chi connectivity index (χ3n) is 15.2. The van der Waals surface area contributed by atoms with E-state index >= 15 is 0 Å². The van der Waals surface area contributed by atoms with Crippen molar-refractivity contribution < 1.29 is 37.3 Å². The second-order valence-corrected chi connectivity index (χ2v) is 25.8. The highest BCUT2D eigenvalue weighted by molar-refractivity contribution is 7.47. The van der Waals surface area contributed by atoms with Crippen LogP contribution < -0.4 is 5.32 Å². The number of esters is 1. The number of unbranched alkanes of at least 4 members (excludes halogenated alkanes) is 40. The van der Waals surface area contributed by atoms with Crippen LogP contribution in [0.2, 0.25) is 0 Å². The normalized spacial score (nSPS) is 13.9. The summed E-state index contributed by atoms with van der Waals surface area (Å²) in [5.41, 5.74) is 0. The number of nitrogens with zero attached hydrogens (tertiary/aromatic N) is 1. The van der Waals surface area contributed by atoms with Crippen LogP contribution in [0, 0.1) is 0 Å². The Bertz CT molecular complexity index is 1490. The van der Waals surface area contributed by atoms with Crippen LogP contribution in [0.4, 0.5) is 0 Å². The third kappa shape index (κ3) is 60.4. The van der Waals surface area contributed by atoms with Gasteiger partial charge in [-0.05, 0) is 89.5 Å². The van der Waals surface area contributed by atoms with E-state index in [1.165, 1.54) is 231 Å². The van der Waals surface area contributed by atoms with Gasteiger partial charge in [-0.3, -0.25) is 18.6 Å². The summed E-state index contributed by atoms with van der Waals surface area (Å²) in [6.07, 6.45) is 74.0. The molecule has 0 aromatic carbocycles. The van der Waals surface area contributed by atoms with Crippen molar-refractivity contribution in [2.45, 2.75) is 341 Å². The first-order valence-corrected chi connectivity index (χ1v) is 35.5. The van der Waals surface area contributed by atoms with Crippen LogP contribution in [-0.2, 0) is 27.9 Å². The van der Waals surface area contributed by atoms with E-state index in [0.717, 1.165) is 64.2 Å². The smallest absolute Gasteiger partial charge is 0.456 e. The Hall–Kier alpha value is -2.03. The van der Waals surface area contributed by atoms with Crippen molar-refractivity contribution >= 4 is 19.7 Å². The quantitative estimate of drug-likeness (QED) is 0.0205. The Labute approximate surface area is 490 Å². The molecule has 0 spiro atoms. The predicted octanol–water partition coefficient (Wildman–Crippen LogP) is 21.2.